The number of aryl methyl sites for hydroxylation is 3. The molecule has 7 heteroatoms. The monoisotopic (exact) mass is 316 g/mol. The Kier molecular flexibility index (Phi) is 3.81. The molecular formula is C15H16N4O2S. The van der Waals surface area contributed by atoms with Crippen molar-refractivity contribution in [2.45, 2.75) is 19.9 Å². The summed E-state index contributed by atoms with van der Waals surface area (Å²) in [5.41, 5.74) is 2.47. The molecule has 2 aromatic heterocycles. The predicted octanol–water partition coefficient (Wildman–Crippen LogP) is 2.13. The molecule has 0 spiro atoms. The fraction of sp³-hybridized carbons (Fsp3) is 0.267. The Morgan fingerprint density at radius 2 is 2.05 bits per heavy atom. The van der Waals surface area contributed by atoms with Crippen molar-refractivity contribution in [2.24, 2.45) is 7.05 Å². The molecule has 0 atom stereocenters. The van der Waals surface area contributed by atoms with Gasteiger partial charge in [-0.05, 0) is 19.1 Å². The summed E-state index contributed by atoms with van der Waals surface area (Å²) < 4.78 is 3.22. The summed E-state index contributed by atoms with van der Waals surface area (Å²) in [7, 11) is 1.74. The number of nitrogens with zero attached hydrogens (tertiary/aromatic N) is 3. The van der Waals surface area contributed by atoms with Gasteiger partial charge in [0, 0.05) is 25.4 Å². The number of hydrogen-bond donors (Lipinski definition) is 1. The van der Waals surface area contributed by atoms with E-state index in [1.54, 1.807) is 16.2 Å². The van der Waals surface area contributed by atoms with E-state index in [9.17, 15) is 9.59 Å². The van der Waals surface area contributed by atoms with Gasteiger partial charge >= 0.3 is 5.69 Å². The molecule has 3 aromatic rings. The van der Waals surface area contributed by atoms with E-state index in [0.717, 1.165) is 16.7 Å². The van der Waals surface area contributed by atoms with Crippen LogP contribution in [0.15, 0.2) is 34.4 Å². The summed E-state index contributed by atoms with van der Waals surface area (Å²) in [6.07, 6.45) is 0.229. The minimum Gasteiger partial charge on any atom is -0.302 e. The van der Waals surface area contributed by atoms with Crippen LogP contribution in [-0.2, 0) is 18.4 Å². The van der Waals surface area contributed by atoms with E-state index >= 15 is 0 Å². The molecule has 0 saturated heterocycles. The predicted molar refractivity (Wildman–Crippen MR) is 87.3 cm³/mol. The first kappa shape index (κ1) is 14.5. The highest BCUT2D eigenvalue weighted by atomic mass is 32.1. The van der Waals surface area contributed by atoms with E-state index in [2.05, 4.69) is 10.3 Å². The lowest BCUT2D eigenvalue weighted by Crippen LogP contribution is -2.24. The Morgan fingerprint density at radius 1 is 1.32 bits per heavy atom. The van der Waals surface area contributed by atoms with Crippen LogP contribution in [0.25, 0.3) is 11.0 Å². The Hall–Kier alpha value is -2.41. The Bertz CT molecular complexity index is 890. The van der Waals surface area contributed by atoms with E-state index in [-0.39, 0.29) is 18.0 Å². The second-order valence-corrected chi connectivity index (χ2v) is 5.93. The number of para-hydroxylation sites is 2. The highest BCUT2D eigenvalue weighted by Crippen LogP contribution is 2.15. The van der Waals surface area contributed by atoms with Crippen LogP contribution in [0.4, 0.5) is 5.13 Å². The van der Waals surface area contributed by atoms with E-state index < -0.39 is 0 Å². The maximum absolute atomic E-state index is 12.2. The molecule has 0 bridgehead atoms. The van der Waals surface area contributed by atoms with Gasteiger partial charge in [-0.15, -0.1) is 11.3 Å². The lowest BCUT2D eigenvalue weighted by Gasteiger charge is -2.03. The van der Waals surface area contributed by atoms with Crippen molar-refractivity contribution in [3.05, 3.63) is 45.8 Å². The summed E-state index contributed by atoms with van der Waals surface area (Å²) in [6, 6.07) is 7.56. The van der Waals surface area contributed by atoms with Gasteiger partial charge in [-0.2, -0.15) is 0 Å². The standard InChI is InChI=1S/C15H16N4O2S/c1-10-9-22-14(16-10)17-13(20)7-8-19-12-6-4-3-5-11(12)18(2)15(19)21/h3-6,9H,7-8H2,1-2H3,(H,16,17,20). The van der Waals surface area contributed by atoms with Gasteiger partial charge in [0.25, 0.3) is 0 Å². The highest BCUT2D eigenvalue weighted by molar-refractivity contribution is 7.13. The number of rotatable bonds is 4. The van der Waals surface area contributed by atoms with Crippen LogP contribution in [0.1, 0.15) is 12.1 Å². The number of imidazole rings is 1. The van der Waals surface area contributed by atoms with Gasteiger partial charge < -0.3 is 5.32 Å². The number of carbonyl (C=O) groups is 1. The fourth-order valence-corrected chi connectivity index (χ4v) is 3.09. The number of nitrogens with one attached hydrogen (secondary N) is 1. The van der Waals surface area contributed by atoms with Crippen LogP contribution < -0.4 is 11.0 Å². The minimum absolute atomic E-state index is 0.112. The number of aromatic nitrogens is 3. The number of thiazole rings is 1. The van der Waals surface area contributed by atoms with Gasteiger partial charge in [0.1, 0.15) is 0 Å². The van der Waals surface area contributed by atoms with Crippen molar-refractivity contribution in [3.8, 4) is 0 Å². The molecule has 6 nitrogen and oxygen atoms in total. The van der Waals surface area contributed by atoms with Gasteiger partial charge in [-0.3, -0.25) is 13.9 Å². The molecule has 0 saturated carbocycles. The van der Waals surface area contributed by atoms with Crippen LogP contribution in [0.5, 0.6) is 0 Å². The molecule has 114 valence electrons. The summed E-state index contributed by atoms with van der Waals surface area (Å²) in [5, 5.41) is 5.22. The van der Waals surface area contributed by atoms with E-state index in [4.69, 9.17) is 0 Å². The van der Waals surface area contributed by atoms with Crippen molar-refractivity contribution in [1.82, 2.24) is 14.1 Å². The van der Waals surface area contributed by atoms with Gasteiger partial charge in [0.15, 0.2) is 5.13 Å². The molecule has 0 aliphatic heterocycles. The number of amides is 1. The average Bonchev–Trinajstić information content (AvgIpc) is 3.01. The quantitative estimate of drug-likeness (QED) is 0.802. The molecule has 1 amide bonds. The van der Waals surface area contributed by atoms with E-state index in [1.165, 1.54) is 11.3 Å². The number of carbonyl (C=O) groups excluding carboxylic acids is 1. The highest BCUT2D eigenvalue weighted by Gasteiger charge is 2.12. The van der Waals surface area contributed by atoms with Gasteiger partial charge in [0.2, 0.25) is 5.91 Å². The third-order valence-corrected chi connectivity index (χ3v) is 4.36. The first-order valence-electron chi connectivity index (χ1n) is 6.92. The van der Waals surface area contributed by atoms with Crippen LogP contribution in [0.3, 0.4) is 0 Å². The largest absolute Gasteiger partial charge is 0.328 e. The third-order valence-electron chi connectivity index (χ3n) is 3.48. The fourth-order valence-electron chi connectivity index (χ4n) is 2.39. The third kappa shape index (κ3) is 2.67. The van der Waals surface area contributed by atoms with Crippen molar-refractivity contribution in [2.75, 3.05) is 5.32 Å². The minimum atomic E-state index is -0.144. The molecule has 3 rings (SSSR count). The van der Waals surface area contributed by atoms with Crippen molar-refractivity contribution >= 4 is 33.4 Å². The lowest BCUT2D eigenvalue weighted by molar-refractivity contribution is -0.116. The summed E-state index contributed by atoms with van der Waals surface area (Å²) in [6.45, 7) is 2.22. The molecule has 0 fully saturated rings. The van der Waals surface area contributed by atoms with E-state index in [0.29, 0.717) is 11.7 Å². The van der Waals surface area contributed by atoms with Gasteiger partial charge in [-0.1, -0.05) is 12.1 Å². The molecule has 1 aromatic carbocycles. The lowest BCUT2D eigenvalue weighted by atomic mass is 10.3. The number of benzene rings is 1. The first-order valence-corrected chi connectivity index (χ1v) is 7.80. The maximum Gasteiger partial charge on any atom is 0.328 e. The number of anilines is 1. The molecule has 1 N–H and O–H groups in total. The van der Waals surface area contributed by atoms with Crippen LogP contribution in [0, 0.1) is 6.92 Å². The second kappa shape index (κ2) is 5.76. The van der Waals surface area contributed by atoms with E-state index in [1.807, 2.05) is 36.6 Å². The zero-order chi connectivity index (χ0) is 15.7. The van der Waals surface area contributed by atoms with Crippen LogP contribution >= 0.6 is 11.3 Å². The Balaban J connectivity index is 1.75. The number of hydrogen-bond acceptors (Lipinski definition) is 4. The van der Waals surface area contributed by atoms with Crippen molar-refractivity contribution in [1.29, 1.82) is 0 Å². The SMILES string of the molecule is Cc1csc(NC(=O)CCn2c(=O)n(C)c3ccccc32)n1. The molecular weight excluding hydrogens is 300 g/mol. The molecule has 0 aliphatic carbocycles. The normalized spacial score (nSPS) is 11.0. The van der Waals surface area contributed by atoms with Crippen LogP contribution in [0.2, 0.25) is 0 Å². The topological polar surface area (TPSA) is 68.9 Å². The summed E-state index contributed by atoms with van der Waals surface area (Å²) in [4.78, 5) is 28.4. The Labute approximate surface area is 131 Å². The zero-order valence-electron chi connectivity index (χ0n) is 12.4. The molecule has 2 heterocycles. The molecule has 0 unspecified atom stereocenters. The summed E-state index contributed by atoms with van der Waals surface area (Å²) in [5.74, 6) is -0.144. The zero-order valence-corrected chi connectivity index (χ0v) is 13.2. The first-order chi connectivity index (χ1) is 10.6. The maximum atomic E-state index is 12.2. The van der Waals surface area contributed by atoms with Gasteiger partial charge in [0.05, 0.1) is 16.7 Å². The number of fused-ring (bicyclic) bond motifs is 1. The van der Waals surface area contributed by atoms with Crippen molar-refractivity contribution < 1.29 is 4.79 Å². The smallest absolute Gasteiger partial charge is 0.302 e. The Morgan fingerprint density at radius 3 is 2.73 bits per heavy atom. The molecule has 22 heavy (non-hydrogen) atoms. The summed E-state index contributed by atoms with van der Waals surface area (Å²) >= 11 is 1.39. The van der Waals surface area contributed by atoms with Gasteiger partial charge in [-0.25, -0.2) is 9.78 Å². The molecule has 0 radical (unpaired) electrons. The molecule has 0 aliphatic rings. The average molecular weight is 316 g/mol. The van der Waals surface area contributed by atoms with Crippen molar-refractivity contribution in [3.63, 3.8) is 0 Å². The second-order valence-electron chi connectivity index (χ2n) is 5.07. The van der Waals surface area contributed by atoms with Crippen LogP contribution in [-0.4, -0.2) is 20.0 Å².